The summed E-state index contributed by atoms with van der Waals surface area (Å²) in [5.74, 6) is 3.24. The third-order valence-corrected chi connectivity index (χ3v) is 3.57. The van der Waals surface area contributed by atoms with Crippen molar-refractivity contribution < 1.29 is 4.52 Å². The zero-order valence-electron chi connectivity index (χ0n) is 8.35. The smallest absolute Gasteiger partial charge is 0.243 e. The largest absolute Gasteiger partial charge is 0.338 e. The number of hydrogen-bond donors (Lipinski definition) is 1. The van der Waals surface area contributed by atoms with Crippen molar-refractivity contribution in [3.05, 3.63) is 11.7 Å². The normalized spacial score (nSPS) is 37.2. The standard InChI is InChI=1S/C10H13N3O.ClH/c1-2-5(1)9-12-10(14-13-9)8-4-6-3-7(6)11-8;/h5-8,11H,1-4H2;1H/t6-,7-,8-;/m0./s1. The van der Waals surface area contributed by atoms with E-state index in [1.807, 2.05) is 0 Å². The van der Waals surface area contributed by atoms with Gasteiger partial charge in [-0.1, -0.05) is 5.16 Å². The molecule has 0 aromatic carbocycles. The predicted octanol–water partition coefficient (Wildman–Crippen LogP) is 1.79. The van der Waals surface area contributed by atoms with Crippen LogP contribution >= 0.6 is 12.4 Å². The molecule has 82 valence electrons. The van der Waals surface area contributed by atoms with Gasteiger partial charge < -0.3 is 9.84 Å². The van der Waals surface area contributed by atoms with Gasteiger partial charge in [-0.3, -0.25) is 0 Å². The molecule has 3 fully saturated rings. The molecule has 0 amide bonds. The molecule has 3 aliphatic rings. The van der Waals surface area contributed by atoms with Crippen molar-refractivity contribution in [2.24, 2.45) is 5.92 Å². The highest BCUT2D eigenvalue weighted by Crippen LogP contribution is 2.46. The van der Waals surface area contributed by atoms with E-state index in [-0.39, 0.29) is 12.4 Å². The summed E-state index contributed by atoms with van der Waals surface area (Å²) in [6.45, 7) is 0. The van der Waals surface area contributed by atoms with E-state index < -0.39 is 0 Å². The van der Waals surface area contributed by atoms with E-state index in [1.54, 1.807) is 0 Å². The molecule has 4 nitrogen and oxygen atoms in total. The molecule has 0 bridgehead atoms. The Balaban J connectivity index is 0.000000722. The van der Waals surface area contributed by atoms with Crippen LogP contribution in [0.5, 0.6) is 0 Å². The maximum atomic E-state index is 5.30. The van der Waals surface area contributed by atoms with Crippen LogP contribution in [0.1, 0.15) is 49.4 Å². The Labute approximate surface area is 94.2 Å². The maximum absolute atomic E-state index is 5.30. The molecular formula is C10H14ClN3O. The zero-order chi connectivity index (χ0) is 9.12. The van der Waals surface area contributed by atoms with Crippen LogP contribution in [0.25, 0.3) is 0 Å². The van der Waals surface area contributed by atoms with Gasteiger partial charge in [-0.05, 0) is 31.6 Å². The SMILES string of the molecule is C1CC1c1noc([C@@H]2C[C@@H]3C[C@@H]3N2)n1.Cl. The van der Waals surface area contributed by atoms with Gasteiger partial charge in [-0.25, -0.2) is 0 Å². The van der Waals surface area contributed by atoms with Crippen LogP contribution in [-0.4, -0.2) is 16.2 Å². The van der Waals surface area contributed by atoms with Gasteiger partial charge >= 0.3 is 0 Å². The van der Waals surface area contributed by atoms with E-state index in [1.165, 1.54) is 25.7 Å². The fraction of sp³-hybridized carbons (Fsp3) is 0.800. The Morgan fingerprint density at radius 3 is 2.80 bits per heavy atom. The monoisotopic (exact) mass is 227 g/mol. The lowest BCUT2D eigenvalue weighted by Crippen LogP contribution is -2.17. The lowest BCUT2D eigenvalue weighted by molar-refractivity contribution is 0.332. The van der Waals surface area contributed by atoms with Crippen molar-refractivity contribution in [1.29, 1.82) is 0 Å². The number of rotatable bonds is 2. The van der Waals surface area contributed by atoms with Crippen molar-refractivity contribution in [2.75, 3.05) is 0 Å². The highest BCUT2D eigenvalue weighted by atomic mass is 35.5. The maximum Gasteiger partial charge on any atom is 0.243 e. The first-order valence-electron chi connectivity index (χ1n) is 5.50. The number of piperidine rings is 1. The summed E-state index contributed by atoms with van der Waals surface area (Å²) in [7, 11) is 0. The molecule has 1 N–H and O–H groups in total. The molecule has 1 aromatic rings. The summed E-state index contributed by atoms with van der Waals surface area (Å²) in [5.41, 5.74) is 0. The van der Waals surface area contributed by atoms with Crippen LogP contribution in [0, 0.1) is 5.92 Å². The molecule has 4 rings (SSSR count). The van der Waals surface area contributed by atoms with Crippen molar-refractivity contribution in [1.82, 2.24) is 15.5 Å². The molecule has 2 heterocycles. The third kappa shape index (κ3) is 1.56. The summed E-state index contributed by atoms with van der Waals surface area (Å²) < 4.78 is 5.30. The molecule has 0 radical (unpaired) electrons. The summed E-state index contributed by atoms with van der Waals surface area (Å²) in [6, 6.07) is 1.09. The molecule has 0 spiro atoms. The van der Waals surface area contributed by atoms with Gasteiger partial charge in [-0.2, -0.15) is 4.98 Å². The molecule has 0 unspecified atom stereocenters. The molecule has 5 heteroatoms. The Morgan fingerprint density at radius 2 is 2.13 bits per heavy atom. The first-order valence-corrected chi connectivity index (χ1v) is 5.50. The second-order valence-corrected chi connectivity index (χ2v) is 4.82. The van der Waals surface area contributed by atoms with E-state index in [0.29, 0.717) is 12.0 Å². The molecular weight excluding hydrogens is 214 g/mol. The van der Waals surface area contributed by atoms with Gasteiger partial charge in [-0.15, -0.1) is 12.4 Å². The average Bonchev–Trinajstić information content (AvgIpc) is 3.10. The minimum atomic E-state index is 0. The molecule has 2 aliphatic carbocycles. The average molecular weight is 228 g/mol. The Bertz CT molecular complexity index is 366. The Hall–Kier alpha value is -0.610. The van der Waals surface area contributed by atoms with E-state index in [2.05, 4.69) is 15.5 Å². The quantitative estimate of drug-likeness (QED) is 0.837. The number of halogens is 1. The van der Waals surface area contributed by atoms with Gasteiger partial charge in [0.1, 0.15) is 0 Å². The lowest BCUT2D eigenvalue weighted by Gasteiger charge is -2.05. The third-order valence-electron chi connectivity index (χ3n) is 3.57. The number of nitrogens with one attached hydrogen (secondary N) is 1. The minimum Gasteiger partial charge on any atom is -0.338 e. The van der Waals surface area contributed by atoms with E-state index in [0.717, 1.165) is 23.7 Å². The van der Waals surface area contributed by atoms with Gasteiger partial charge in [0.2, 0.25) is 5.89 Å². The Kier molecular flexibility index (Phi) is 2.04. The van der Waals surface area contributed by atoms with E-state index in [9.17, 15) is 0 Å². The van der Waals surface area contributed by atoms with Crippen LogP contribution < -0.4 is 5.32 Å². The van der Waals surface area contributed by atoms with Gasteiger partial charge in [0, 0.05) is 12.0 Å². The van der Waals surface area contributed by atoms with Crippen molar-refractivity contribution in [3.63, 3.8) is 0 Å². The highest BCUT2D eigenvalue weighted by Gasteiger charge is 2.47. The summed E-state index contributed by atoms with van der Waals surface area (Å²) in [4.78, 5) is 4.47. The Morgan fingerprint density at radius 1 is 1.27 bits per heavy atom. The molecule has 15 heavy (non-hydrogen) atoms. The minimum absolute atomic E-state index is 0. The molecule has 2 saturated carbocycles. The van der Waals surface area contributed by atoms with E-state index >= 15 is 0 Å². The van der Waals surface area contributed by atoms with Crippen LogP contribution in [0.3, 0.4) is 0 Å². The highest BCUT2D eigenvalue weighted by molar-refractivity contribution is 5.85. The molecule has 1 saturated heterocycles. The molecule has 1 aromatic heterocycles. The van der Waals surface area contributed by atoms with Crippen molar-refractivity contribution in [2.45, 2.75) is 43.7 Å². The fourth-order valence-electron chi connectivity index (χ4n) is 2.41. The van der Waals surface area contributed by atoms with Gasteiger partial charge in [0.05, 0.1) is 6.04 Å². The number of nitrogens with zero attached hydrogens (tertiary/aromatic N) is 2. The molecule has 1 aliphatic heterocycles. The first-order chi connectivity index (χ1) is 6.90. The lowest BCUT2D eigenvalue weighted by atomic mass is 10.2. The second kappa shape index (κ2) is 3.19. The zero-order valence-corrected chi connectivity index (χ0v) is 9.17. The predicted molar refractivity (Wildman–Crippen MR) is 55.9 cm³/mol. The van der Waals surface area contributed by atoms with Gasteiger partial charge in [0.15, 0.2) is 5.82 Å². The number of aromatic nitrogens is 2. The number of hydrogen-bond acceptors (Lipinski definition) is 4. The van der Waals surface area contributed by atoms with E-state index in [4.69, 9.17) is 4.52 Å². The topological polar surface area (TPSA) is 51.0 Å². The van der Waals surface area contributed by atoms with Crippen LogP contribution in [-0.2, 0) is 0 Å². The summed E-state index contributed by atoms with van der Waals surface area (Å²) in [5, 5.41) is 7.56. The summed E-state index contributed by atoms with van der Waals surface area (Å²) in [6.07, 6.45) is 5.02. The first kappa shape index (κ1) is 9.60. The van der Waals surface area contributed by atoms with Crippen LogP contribution in [0.15, 0.2) is 4.52 Å². The van der Waals surface area contributed by atoms with Crippen molar-refractivity contribution >= 4 is 12.4 Å². The fourth-order valence-corrected chi connectivity index (χ4v) is 2.41. The summed E-state index contributed by atoms with van der Waals surface area (Å²) >= 11 is 0. The van der Waals surface area contributed by atoms with Crippen LogP contribution in [0.4, 0.5) is 0 Å². The molecule has 3 atom stereocenters. The number of fused-ring (bicyclic) bond motifs is 1. The van der Waals surface area contributed by atoms with Crippen LogP contribution in [0.2, 0.25) is 0 Å². The van der Waals surface area contributed by atoms with Gasteiger partial charge in [0.25, 0.3) is 0 Å². The van der Waals surface area contributed by atoms with Crippen molar-refractivity contribution in [3.8, 4) is 0 Å². The second-order valence-electron chi connectivity index (χ2n) is 4.82.